The van der Waals surface area contributed by atoms with Gasteiger partial charge in [0.2, 0.25) is 0 Å². The molecule has 1 atom stereocenters. The van der Waals surface area contributed by atoms with E-state index in [0.717, 1.165) is 65.2 Å². The second-order valence-electron chi connectivity index (χ2n) is 19.1. The van der Waals surface area contributed by atoms with Gasteiger partial charge in [0.1, 0.15) is 12.6 Å². The lowest BCUT2D eigenvalue weighted by atomic mass is 9.60. The zero-order valence-electron chi connectivity index (χ0n) is 46.9. The van der Waals surface area contributed by atoms with Crippen LogP contribution < -0.4 is 5.32 Å². The van der Waals surface area contributed by atoms with Crippen LogP contribution in [0.25, 0.3) is 16.7 Å². The van der Waals surface area contributed by atoms with Gasteiger partial charge >= 0.3 is 0 Å². The summed E-state index contributed by atoms with van der Waals surface area (Å²) in [5.41, 5.74) is 13.9. The SMILES string of the molecule is C=C/C(=C(C)\C=C/C)c1ccc(-c2ccc(CC3CCC3)cc2)cc1C.C=CC(C)CCC(=C)NC.CC.CC.CC=O.CCCCCCN1CC2(CC(N(C)C)C2)C1.Cc1ccc(C)c(C=O)c1. The maximum atomic E-state index is 10.4. The Morgan fingerprint density at radius 2 is 1.48 bits per heavy atom. The Hall–Kier alpha value is -4.58. The molecule has 0 aromatic heterocycles. The van der Waals surface area contributed by atoms with Crippen molar-refractivity contribution in [2.45, 2.75) is 166 Å². The predicted octanol–water partition coefficient (Wildman–Crippen LogP) is 16.8. The molecule has 69 heavy (non-hydrogen) atoms. The van der Waals surface area contributed by atoms with Crippen LogP contribution in [0.5, 0.6) is 0 Å². The second kappa shape index (κ2) is 37.3. The number of carbonyl (C=O) groups is 2. The highest BCUT2D eigenvalue weighted by atomic mass is 16.1. The molecule has 3 aromatic carbocycles. The highest BCUT2D eigenvalue weighted by Crippen LogP contribution is 2.49. The molecule has 5 nitrogen and oxygen atoms in total. The molecule has 0 radical (unpaired) electrons. The number of benzene rings is 3. The summed E-state index contributed by atoms with van der Waals surface area (Å²) in [7, 11) is 6.35. The lowest BCUT2D eigenvalue weighted by Crippen LogP contribution is -2.65. The Kier molecular flexibility index (Phi) is 34.8. The van der Waals surface area contributed by atoms with Gasteiger partial charge in [-0.05, 0) is 169 Å². The van der Waals surface area contributed by atoms with E-state index in [9.17, 15) is 4.79 Å². The molecule has 1 N–H and O–H groups in total. The molecular formula is C64H101N3O2. The molecule has 1 saturated heterocycles. The zero-order chi connectivity index (χ0) is 52.4. The van der Waals surface area contributed by atoms with Crippen molar-refractivity contribution in [3.8, 4) is 11.1 Å². The van der Waals surface area contributed by atoms with Crippen LogP contribution in [0.3, 0.4) is 0 Å². The van der Waals surface area contributed by atoms with E-state index < -0.39 is 0 Å². The maximum Gasteiger partial charge on any atom is 0.150 e. The van der Waals surface area contributed by atoms with E-state index in [2.05, 4.69) is 138 Å². The molecule has 1 spiro atoms. The molecule has 5 heteroatoms. The highest BCUT2D eigenvalue weighted by molar-refractivity contribution is 5.81. The predicted molar refractivity (Wildman–Crippen MR) is 308 cm³/mol. The van der Waals surface area contributed by atoms with Gasteiger partial charge in [0, 0.05) is 37.4 Å². The van der Waals surface area contributed by atoms with Crippen LogP contribution in [0.1, 0.15) is 171 Å². The molecule has 2 aliphatic carbocycles. The van der Waals surface area contributed by atoms with Gasteiger partial charge < -0.3 is 19.9 Å². The Morgan fingerprint density at radius 1 is 0.870 bits per heavy atom. The van der Waals surface area contributed by atoms with Crippen molar-refractivity contribution in [3.05, 3.63) is 149 Å². The van der Waals surface area contributed by atoms with E-state index in [1.54, 1.807) is 0 Å². The van der Waals surface area contributed by atoms with Crippen molar-refractivity contribution in [1.82, 2.24) is 15.1 Å². The van der Waals surface area contributed by atoms with Crippen LogP contribution in [-0.2, 0) is 11.2 Å². The molecular weight excluding hydrogens is 843 g/mol. The van der Waals surface area contributed by atoms with Gasteiger partial charge in [-0.2, -0.15) is 0 Å². The molecule has 384 valence electrons. The van der Waals surface area contributed by atoms with Crippen molar-refractivity contribution >= 4 is 18.1 Å². The van der Waals surface area contributed by atoms with Crippen LogP contribution in [0.4, 0.5) is 0 Å². The molecule has 0 bridgehead atoms. The minimum absolute atomic E-state index is 0.602. The standard InChI is InChI=1S/C26H30.C14H28N2.C9H17N.C9H10O.C2H4O.2C2H6/c1-5-8-19(3)25(6-2)26-16-15-24(17-20(26)4)23-13-11-22(12-14-23)18-21-9-7-10-21;1-4-5-6-7-8-16-11-14(12-16)9-13(10-14)15(2)3;1-5-8(2)6-7-9(3)10-4;1-7-3-4-8(2)9(5-7)6-10;1-2-3;2*1-2/h5-6,8,11-17,21H,2,7,9-10,18H2,1,3-4H3;13H,4-12H2,1-3H3;5,8,10H,1,3,6-7H2,2,4H3;3-6H,1-2H3;2H,1H3;2*1-2H3/b8-5-,25-19+;;;;;;. The average Bonchev–Trinajstić information content (AvgIpc) is 3.31. The van der Waals surface area contributed by atoms with Crippen LogP contribution >= 0.6 is 0 Å². The Balaban J connectivity index is 0.000000921. The monoisotopic (exact) mass is 944 g/mol. The summed E-state index contributed by atoms with van der Waals surface area (Å²) >= 11 is 0. The summed E-state index contributed by atoms with van der Waals surface area (Å²) < 4.78 is 0. The van der Waals surface area contributed by atoms with Gasteiger partial charge in [0.15, 0.2) is 0 Å². The van der Waals surface area contributed by atoms with E-state index in [1.807, 2.05) is 78.9 Å². The van der Waals surface area contributed by atoms with E-state index in [-0.39, 0.29) is 0 Å². The number of aldehydes is 2. The van der Waals surface area contributed by atoms with Gasteiger partial charge in [-0.3, -0.25) is 4.79 Å². The van der Waals surface area contributed by atoms with Crippen molar-refractivity contribution in [2.75, 3.05) is 40.8 Å². The van der Waals surface area contributed by atoms with E-state index >= 15 is 0 Å². The quantitative estimate of drug-likeness (QED) is 0.0596. The lowest BCUT2D eigenvalue weighted by Gasteiger charge is -2.60. The fourth-order valence-electron chi connectivity index (χ4n) is 8.75. The molecule has 1 aliphatic heterocycles. The second-order valence-corrected chi connectivity index (χ2v) is 19.1. The number of aryl methyl sites for hydroxylation is 3. The third-order valence-corrected chi connectivity index (χ3v) is 13.3. The summed E-state index contributed by atoms with van der Waals surface area (Å²) in [6, 6.07) is 22.7. The summed E-state index contributed by atoms with van der Waals surface area (Å²) in [4.78, 5) is 24.3. The highest BCUT2D eigenvalue weighted by Gasteiger charge is 2.52. The fraction of sp³-hybridized carbons (Fsp3) is 0.531. The van der Waals surface area contributed by atoms with Crippen molar-refractivity contribution in [3.63, 3.8) is 0 Å². The first-order chi connectivity index (χ1) is 33.1. The van der Waals surface area contributed by atoms with Gasteiger partial charge in [-0.25, -0.2) is 0 Å². The van der Waals surface area contributed by atoms with E-state index in [0.29, 0.717) is 5.92 Å². The summed E-state index contributed by atoms with van der Waals surface area (Å²) in [6.07, 6.45) is 26.0. The third kappa shape index (κ3) is 24.2. The number of hydrogen-bond donors (Lipinski definition) is 1. The van der Waals surface area contributed by atoms with Crippen LogP contribution in [0.15, 0.2) is 116 Å². The van der Waals surface area contributed by atoms with Crippen LogP contribution in [0, 0.1) is 38.0 Å². The number of unbranched alkanes of at least 4 members (excludes halogenated alkanes) is 3. The number of nitrogens with zero attached hydrogens (tertiary/aromatic N) is 2. The van der Waals surface area contributed by atoms with Gasteiger partial charge in [0.05, 0.1) is 0 Å². The van der Waals surface area contributed by atoms with Crippen molar-refractivity contribution in [1.29, 1.82) is 0 Å². The molecule has 3 aromatic rings. The zero-order valence-corrected chi connectivity index (χ0v) is 46.9. The molecule has 6 rings (SSSR count). The number of likely N-dealkylation sites (tertiary alicyclic amines) is 1. The maximum absolute atomic E-state index is 10.4. The minimum Gasteiger partial charge on any atom is -0.392 e. The largest absolute Gasteiger partial charge is 0.392 e. The smallest absolute Gasteiger partial charge is 0.150 e. The number of rotatable bonds is 18. The van der Waals surface area contributed by atoms with Gasteiger partial charge in [0.25, 0.3) is 0 Å². The van der Waals surface area contributed by atoms with Crippen molar-refractivity contribution < 1.29 is 9.59 Å². The number of nitrogens with one attached hydrogen (secondary N) is 1. The Bertz CT molecular complexity index is 1950. The first-order valence-corrected chi connectivity index (χ1v) is 26.6. The summed E-state index contributed by atoms with van der Waals surface area (Å²) in [6.45, 7) is 39.9. The molecule has 3 fully saturated rings. The molecule has 0 amide bonds. The first-order valence-electron chi connectivity index (χ1n) is 26.6. The number of hydrogen-bond acceptors (Lipinski definition) is 5. The summed E-state index contributed by atoms with van der Waals surface area (Å²) in [5.74, 6) is 1.52. The van der Waals surface area contributed by atoms with Gasteiger partial charge in [-0.15, -0.1) is 6.58 Å². The molecule has 1 heterocycles. The van der Waals surface area contributed by atoms with Crippen LogP contribution in [0.2, 0.25) is 0 Å². The minimum atomic E-state index is 0.602. The topological polar surface area (TPSA) is 52.7 Å². The first kappa shape index (κ1) is 64.4. The molecule has 3 aliphatic rings. The number of carbonyl (C=O) groups excluding carboxylic acids is 2. The number of allylic oxidation sites excluding steroid dienone is 7. The fourth-order valence-corrected chi connectivity index (χ4v) is 8.75. The van der Waals surface area contributed by atoms with Crippen molar-refractivity contribution in [2.24, 2.45) is 17.3 Å². The lowest BCUT2D eigenvalue weighted by molar-refractivity contribution is -0.106. The Labute approximate surface area is 425 Å². The molecule has 1 unspecified atom stereocenters. The Morgan fingerprint density at radius 3 is 1.94 bits per heavy atom. The van der Waals surface area contributed by atoms with E-state index in [4.69, 9.17) is 4.79 Å². The van der Waals surface area contributed by atoms with Gasteiger partial charge in [-0.1, -0.05) is 178 Å². The molecule has 2 saturated carbocycles. The normalized spacial score (nSPS) is 15.1. The average molecular weight is 945 g/mol. The summed E-state index contributed by atoms with van der Waals surface area (Å²) in [5, 5.41) is 3.02. The third-order valence-electron chi connectivity index (χ3n) is 13.3. The van der Waals surface area contributed by atoms with E-state index in [1.165, 1.54) is 130 Å². The van der Waals surface area contributed by atoms with Crippen LogP contribution in [-0.4, -0.2) is 69.2 Å².